The highest BCUT2D eigenvalue weighted by molar-refractivity contribution is 4.88. The highest BCUT2D eigenvalue weighted by atomic mass is 15.5. The Morgan fingerprint density at radius 1 is 0.375 bits per heavy atom. The Hall–Kier alpha value is -0.160. The van der Waals surface area contributed by atoms with Gasteiger partial charge in [0.15, 0.2) is 0 Å². The lowest BCUT2D eigenvalue weighted by molar-refractivity contribution is -0.123. The van der Waals surface area contributed by atoms with E-state index in [0.717, 1.165) is 17.8 Å². The van der Waals surface area contributed by atoms with E-state index in [1.54, 1.807) is 0 Å². The predicted molar refractivity (Wildman–Crippen MR) is 135 cm³/mol. The lowest BCUT2D eigenvalue weighted by atomic mass is 9.87. The summed E-state index contributed by atoms with van der Waals surface area (Å²) in [5.41, 5.74) is 0. The lowest BCUT2D eigenvalue weighted by Gasteiger charge is -2.53. The summed E-state index contributed by atoms with van der Waals surface area (Å²) in [6.45, 7) is 11.9. The molecule has 0 unspecified atom stereocenters. The fourth-order valence-electron chi connectivity index (χ4n) is 7.85. The first-order valence-corrected chi connectivity index (χ1v) is 14.8. The molecule has 6 fully saturated rings. The third kappa shape index (κ3) is 6.29. The molecule has 3 heterocycles. The van der Waals surface area contributed by atoms with Crippen molar-refractivity contribution in [3.63, 3.8) is 0 Å². The molecule has 4 heteroatoms. The minimum atomic E-state index is 0.586. The van der Waals surface area contributed by atoms with E-state index in [9.17, 15) is 0 Å². The first kappa shape index (κ1) is 23.6. The molecule has 6 rings (SSSR count). The molecule has 0 radical (unpaired) electrons. The Morgan fingerprint density at radius 3 is 1.00 bits per heavy atom. The second kappa shape index (κ2) is 12.0. The highest BCUT2D eigenvalue weighted by Crippen LogP contribution is 2.32. The molecule has 184 valence electrons. The predicted octanol–water partition coefficient (Wildman–Crippen LogP) is 5.25. The van der Waals surface area contributed by atoms with E-state index in [4.69, 9.17) is 0 Å². The van der Waals surface area contributed by atoms with E-state index in [0.29, 0.717) is 6.29 Å². The van der Waals surface area contributed by atoms with Gasteiger partial charge >= 0.3 is 0 Å². The van der Waals surface area contributed by atoms with Gasteiger partial charge in [0.05, 0.1) is 0 Å². The van der Waals surface area contributed by atoms with Gasteiger partial charge in [0.1, 0.15) is 6.29 Å². The van der Waals surface area contributed by atoms with Gasteiger partial charge in [0.2, 0.25) is 0 Å². The topological polar surface area (TPSA) is 13.0 Å². The van der Waals surface area contributed by atoms with Crippen molar-refractivity contribution < 1.29 is 0 Å². The second-order valence-corrected chi connectivity index (χ2v) is 12.2. The molecule has 32 heavy (non-hydrogen) atoms. The van der Waals surface area contributed by atoms with Crippen LogP contribution in [0.2, 0.25) is 0 Å². The molecule has 0 N–H and O–H groups in total. The summed E-state index contributed by atoms with van der Waals surface area (Å²) < 4.78 is 0. The summed E-state index contributed by atoms with van der Waals surface area (Å²) in [7, 11) is 0. The number of hydrogen-bond donors (Lipinski definition) is 0. The third-order valence-electron chi connectivity index (χ3n) is 9.74. The van der Waals surface area contributed by atoms with Crippen molar-refractivity contribution in [2.75, 3.05) is 58.9 Å². The van der Waals surface area contributed by atoms with Gasteiger partial charge in [-0.2, -0.15) is 0 Å². The molecular weight excluding hydrogens is 392 g/mol. The maximum absolute atomic E-state index is 2.99. The highest BCUT2D eigenvalue weighted by Gasteiger charge is 2.38. The summed E-state index contributed by atoms with van der Waals surface area (Å²) in [5, 5.41) is 0. The standard InChI is InChI=1S/C28H52N4/c1-4-10-25(11-5-1)22-30-19-16-29-17-20-31(23-26-12-6-2-7-13-26)28(30)32(21-18-29)24-27-14-8-3-9-15-27/h25-28H,1-24H2. The number of rotatable bonds is 6. The molecule has 0 atom stereocenters. The molecule has 0 aromatic rings. The molecule has 0 aromatic carbocycles. The molecule has 0 aromatic heterocycles. The molecule has 3 aliphatic heterocycles. The van der Waals surface area contributed by atoms with Gasteiger partial charge in [-0.15, -0.1) is 0 Å². The van der Waals surface area contributed by atoms with Gasteiger partial charge in [0.25, 0.3) is 0 Å². The van der Waals surface area contributed by atoms with Crippen molar-refractivity contribution in [2.45, 2.75) is 103 Å². The fourth-order valence-corrected chi connectivity index (χ4v) is 7.85. The minimum absolute atomic E-state index is 0.586. The van der Waals surface area contributed by atoms with Crippen molar-refractivity contribution in [1.29, 1.82) is 0 Å². The van der Waals surface area contributed by atoms with Crippen LogP contribution in [-0.2, 0) is 0 Å². The van der Waals surface area contributed by atoms with Gasteiger partial charge in [-0.3, -0.25) is 19.6 Å². The largest absolute Gasteiger partial charge is 0.300 e. The molecule has 6 aliphatic rings. The zero-order chi connectivity index (χ0) is 21.6. The second-order valence-electron chi connectivity index (χ2n) is 12.2. The van der Waals surface area contributed by atoms with Crippen LogP contribution in [0, 0.1) is 17.8 Å². The summed E-state index contributed by atoms with van der Waals surface area (Å²) in [6, 6.07) is 0. The van der Waals surface area contributed by atoms with Crippen LogP contribution in [0.4, 0.5) is 0 Å². The average molecular weight is 445 g/mol. The zero-order valence-corrected chi connectivity index (χ0v) is 21.1. The maximum atomic E-state index is 2.99. The summed E-state index contributed by atoms with van der Waals surface area (Å²) in [4.78, 5) is 11.8. The molecule has 3 saturated carbocycles. The average Bonchev–Trinajstić information content (AvgIpc) is 2.82. The summed E-state index contributed by atoms with van der Waals surface area (Å²) >= 11 is 0. The van der Waals surface area contributed by atoms with Crippen LogP contribution < -0.4 is 0 Å². The van der Waals surface area contributed by atoms with Crippen LogP contribution in [0.3, 0.4) is 0 Å². The molecule has 2 bridgehead atoms. The Bertz CT molecular complexity index is 459. The zero-order valence-electron chi connectivity index (χ0n) is 21.1. The number of hydrogen-bond acceptors (Lipinski definition) is 4. The third-order valence-corrected chi connectivity index (χ3v) is 9.74. The van der Waals surface area contributed by atoms with Crippen LogP contribution in [0.15, 0.2) is 0 Å². The van der Waals surface area contributed by atoms with Gasteiger partial charge in [-0.1, -0.05) is 57.8 Å². The maximum Gasteiger partial charge on any atom is 0.119 e. The van der Waals surface area contributed by atoms with Gasteiger partial charge in [0, 0.05) is 58.9 Å². The smallest absolute Gasteiger partial charge is 0.119 e. The van der Waals surface area contributed by atoms with Crippen LogP contribution in [0.1, 0.15) is 96.3 Å². The van der Waals surface area contributed by atoms with Crippen LogP contribution >= 0.6 is 0 Å². The molecule has 4 nitrogen and oxygen atoms in total. The van der Waals surface area contributed by atoms with E-state index in [-0.39, 0.29) is 0 Å². The van der Waals surface area contributed by atoms with Crippen molar-refractivity contribution in [3.05, 3.63) is 0 Å². The Kier molecular flexibility index (Phi) is 8.84. The van der Waals surface area contributed by atoms with Crippen LogP contribution in [-0.4, -0.2) is 84.8 Å². The Labute approximate surface area is 199 Å². The van der Waals surface area contributed by atoms with Crippen molar-refractivity contribution >= 4 is 0 Å². The van der Waals surface area contributed by atoms with E-state index in [1.807, 2.05) is 0 Å². The van der Waals surface area contributed by atoms with Crippen LogP contribution in [0.25, 0.3) is 0 Å². The van der Waals surface area contributed by atoms with Crippen molar-refractivity contribution in [1.82, 2.24) is 19.6 Å². The normalized spacial score (nSPS) is 33.8. The quantitative estimate of drug-likeness (QED) is 0.555. The van der Waals surface area contributed by atoms with Crippen molar-refractivity contribution in [2.24, 2.45) is 17.8 Å². The molecule has 0 spiro atoms. The Balaban J connectivity index is 1.35. The van der Waals surface area contributed by atoms with Gasteiger partial charge < -0.3 is 0 Å². The SMILES string of the molecule is C1CCC(CN2CCN3CCN(CC4CCCCC4)C2N(CC2CCCCC2)CC3)CC1. The lowest BCUT2D eigenvalue weighted by Crippen LogP contribution is -2.67. The first-order chi connectivity index (χ1) is 15.8. The van der Waals surface area contributed by atoms with Gasteiger partial charge in [-0.05, 0) is 56.3 Å². The first-order valence-electron chi connectivity index (χ1n) is 14.8. The fraction of sp³-hybridized carbons (Fsp3) is 1.00. The monoisotopic (exact) mass is 444 g/mol. The molecule has 3 saturated heterocycles. The Morgan fingerprint density at radius 2 is 0.688 bits per heavy atom. The van der Waals surface area contributed by atoms with Crippen LogP contribution in [0.5, 0.6) is 0 Å². The number of nitrogens with zero attached hydrogens (tertiary/aromatic N) is 4. The van der Waals surface area contributed by atoms with Crippen molar-refractivity contribution in [3.8, 4) is 0 Å². The van der Waals surface area contributed by atoms with E-state index >= 15 is 0 Å². The molecule has 3 aliphatic carbocycles. The summed E-state index contributed by atoms with van der Waals surface area (Å²) in [5.74, 6) is 2.85. The van der Waals surface area contributed by atoms with E-state index in [2.05, 4.69) is 19.6 Å². The minimum Gasteiger partial charge on any atom is -0.300 e. The molecular formula is C28H52N4. The van der Waals surface area contributed by atoms with E-state index < -0.39 is 0 Å². The van der Waals surface area contributed by atoms with E-state index in [1.165, 1.54) is 155 Å². The molecule has 0 amide bonds. The summed E-state index contributed by atoms with van der Waals surface area (Å²) in [6.07, 6.45) is 22.8. The number of fused-ring (bicyclic) bond motifs is 6. The van der Waals surface area contributed by atoms with Gasteiger partial charge in [-0.25, -0.2) is 0 Å².